The Morgan fingerprint density at radius 1 is 1.17 bits per heavy atom. The van der Waals surface area contributed by atoms with E-state index in [-0.39, 0.29) is 6.54 Å². The smallest absolute Gasteiger partial charge is 0.127 e. The lowest BCUT2D eigenvalue weighted by molar-refractivity contribution is 0.186. The van der Waals surface area contributed by atoms with Gasteiger partial charge in [-0.15, -0.1) is 0 Å². The van der Waals surface area contributed by atoms with Crippen molar-refractivity contribution in [2.45, 2.75) is 6.10 Å². The molecular formula is C15H17NO2. The van der Waals surface area contributed by atoms with Crippen LogP contribution in [0.4, 0.5) is 0 Å². The maximum atomic E-state index is 9.73. The quantitative estimate of drug-likeness (QED) is 0.866. The lowest BCUT2D eigenvalue weighted by Crippen LogP contribution is -2.11. The summed E-state index contributed by atoms with van der Waals surface area (Å²) < 4.78 is 5.38. The zero-order chi connectivity index (χ0) is 13.0. The summed E-state index contributed by atoms with van der Waals surface area (Å²) in [5, 5.41) is 9.73. The Hall–Kier alpha value is -1.84. The number of benzene rings is 2. The van der Waals surface area contributed by atoms with Crippen molar-refractivity contribution in [1.82, 2.24) is 0 Å². The van der Waals surface area contributed by atoms with Gasteiger partial charge in [-0.2, -0.15) is 0 Å². The van der Waals surface area contributed by atoms with Gasteiger partial charge in [0.25, 0.3) is 0 Å². The van der Waals surface area contributed by atoms with Gasteiger partial charge in [-0.05, 0) is 17.2 Å². The van der Waals surface area contributed by atoms with Gasteiger partial charge in [-0.1, -0.05) is 42.5 Å². The van der Waals surface area contributed by atoms with Crippen molar-refractivity contribution >= 4 is 0 Å². The molecule has 0 heterocycles. The van der Waals surface area contributed by atoms with E-state index in [1.54, 1.807) is 7.11 Å². The Morgan fingerprint density at radius 2 is 1.89 bits per heavy atom. The maximum absolute atomic E-state index is 9.73. The topological polar surface area (TPSA) is 55.5 Å². The summed E-state index contributed by atoms with van der Waals surface area (Å²) in [6.07, 6.45) is -0.649. The largest absolute Gasteiger partial charge is 0.496 e. The monoisotopic (exact) mass is 243 g/mol. The second-order valence-corrected chi connectivity index (χ2v) is 4.08. The van der Waals surface area contributed by atoms with Crippen LogP contribution in [-0.4, -0.2) is 18.8 Å². The van der Waals surface area contributed by atoms with Gasteiger partial charge in [0.1, 0.15) is 5.75 Å². The molecule has 0 fully saturated rings. The highest BCUT2D eigenvalue weighted by Crippen LogP contribution is 2.32. The van der Waals surface area contributed by atoms with Crippen LogP contribution in [0.15, 0.2) is 48.5 Å². The van der Waals surface area contributed by atoms with E-state index >= 15 is 0 Å². The van der Waals surface area contributed by atoms with E-state index in [1.165, 1.54) is 0 Å². The van der Waals surface area contributed by atoms with Crippen molar-refractivity contribution in [2.75, 3.05) is 13.7 Å². The summed E-state index contributed by atoms with van der Waals surface area (Å²) in [4.78, 5) is 0. The number of aliphatic hydroxyl groups excluding tert-OH is 1. The van der Waals surface area contributed by atoms with Crippen molar-refractivity contribution in [2.24, 2.45) is 5.73 Å². The lowest BCUT2D eigenvalue weighted by Gasteiger charge is -2.13. The summed E-state index contributed by atoms with van der Waals surface area (Å²) in [5.74, 6) is 0.742. The highest BCUT2D eigenvalue weighted by molar-refractivity contribution is 5.70. The molecule has 1 atom stereocenters. The number of nitrogens with two attached hydrogens (primary N) is 1. The molecule has 0 aliphatic heterocycles. The third-order valence-corrected chi connectivity index (χ3v) is 2.92. The Balaban J connectivity index is 2.44. The van der Waals surface area contributed by atoms with Crippen molar-refractivity contribution in [1.29, 1.82) is 0 Å². The molecule has 1 unspecified atom stereocenters. The van der Waals surface area contributed by atoms with E-state index in [0.29, 0.717) is 0 Å². The number of hydrogen-bond acceptors (Lipinski definition) is 3. The molecular weight excluding hydrogens is 226 g/mol. The molecule has 3 nitrogen and oxygen atoms in total. The van der Waals surface area contributed by atoms with E-state index < -0.39 is 6.10 Å². The van der Waals surface area contributed by atoms with E-state index in [9.17, 15) is 5.11 Å². The van der Waals surface area contributed by atoms with Gasteiger partial charge >= 0.3 is 0 Å². The third-order valence-electron chi connectivity index (χ3n) is 2.92. The average molecular weight is 243 g/mol. The minimum atomic E-state index is -0.649. The van der Waals surface area contributed by atoms with Crippen LogP contribution in [0.1, 0.15) is 11.7 Å². The summed E-state index contributed by atoms with van der Waals surface area (Å²) in [7, 11) is 1.63. The summed E-state index contributed by atoms with van der Waals surface area (Å²) >= 11 is 0. The molecule has 3 heteroatoms. The van der Waals surface area contributed by atoms with Crippen molar-refractivity contribution < 1.29 is 9.84 Å². The molecule has 0 aliphatic rings. The zero-order valence-corrected chi connectivity index (χ0v) is 10.3. The molecule has 3 N–H and O–H groups in total. The molecule has 0 aromatic heterocycles. The molecule has 2 aromatic carbocycles. The van der Waals surface area contributed by atoms with Crippen LogP contribution in [0, 0.1) is 0 Å². The minimum Gasteiger partial charge on any atom is -0.496 e. The highest BCUT2D eigenvalue weighted by atomic mass is 16.5. The predicted molar refractivity (Wildman–Crippen MR) is 72.4 cm³/mol. The van der Waals surface area contributed by atoms with Gasteiger partial charge in [-0.3, -0.25) is 0 Å². The van der Waals surface area contributed by atoms with Gasteiger partial charge in [0.2, 0.25) is 0 Å². The third kappa shape index (κ3) is 2.53. The van der Waals surface area contributed by atoms with Crippen molar-refractivity contribution in [3.8, 4) is 16.9 Å². The second-order valence-electron chi connectivity index (χ2n) is 4.08. The van der Waals surface area contributed by atoms with Gasteiger partial charge in [0, 0.05) is 12.1 Å². The molecule has 94 valence electrons. The number of aliphatic hydroxyl groups is 1. The molecule has 0 saturated carbocycles. The highest BCUT2D eigenvalue weighted by Gasteiger charge is 2.10. The summed E-state index contributed by atoms with van der Waals surface area (Å²) in [5.41, 5.74) is 8.32. The van der Waals surface area contributed by atoms with Crippen LogP contribution in [0.2, 0.25) is 0 Å². The molecule has 0 aliphatic carbocycles. The molecule has 0 radical (unpaired) electrons. The fourth-order valence-corrected chi connectivity index (χ4v) is 1.91. The van der Waals surface area contributed by atoms with E-state index in [0.717, 1.165) is 22.4 Å². The fraction of sp³-hybridized carbons (Fsp3) is 0.200. The fourth-order valence-electron chi connectivity index (χ4n) is 1.91. The van der Waals surface area contributed by atoms with Gasteiger partial charge in [-0.25, -0.2) is 0 Å². The van der Waals surface area contributed by atoms with Crippen LogP contribution < -0.4 is 10.5 Å². The zero-order valence-electron chi connectivity index (χ0n) is 10.3. The minimum absolute atomic E-state index is 0.202. The predicted octanol–water partition coefficient (Wildman–Crippen LogP) is 2.35. The van der Waals surface area contributed by atoms with E-state index in [4.69, 9.17) is 10.5 Å². The summed E-state index contributed by atoms with van der Waals surface area (Å²) in [6, 6.07) is 15.6. The van der Waals surface area contributed by atoms with E-state index in [1.807, 2.05) is 48.5 Å². The van der Waals surface area contributed by atoms with Crippen LogP contribution in [0.5, 0.6) is 5.75 Å². The Bertz CT molecular complexity index is 511. The summed E-state index contributed by atoms with van der Waals surface area (Å²) in [6.45, 7) is 0.202. The number of methoxy groups -OCH3 is 1. The second kappa shape index (κ2) is 5.67. The van der Waals surface area contributed by atoms with Crippen LogP contribution in [0.3, 0.4) is 0 Å². The number of rotatable bonds is 4. The molecule has 0 spiro atoms. The van der Waals surface area contributed by atoms with Crippen LogP contribution in [0.25, 0.3) is 11.1 Å². The number of hydrogen-bond donors (Lipinski definition) is 2. The molecule has 2 rings (SSSR count). The first-order valence-electron chi connectivity index (χ1n) is 5.87. The SMILES string of the molecule is COc1cc(C(O)CN)ccc1-c1ccccc1. The Labute approximate surface area is 107 Å². The Kier molecular flexibility index (Phi) is 3.97. The standard InChI is InChI=1S/C15H17NO2/c1-18-15-9-12(14(17)10-16)7-8-13(15)11-5-3-2-4-6-11/h2-9,14,17H,10,16H2,1H3. The lowest BCUT2D eigenvalue weighted by atomic mass is 10.0. The normalized spacial score (nSPS) is 12.2. The molecule has 0 amide bonds. The van der Waals surface area contributed by atoms with Crippen molar-refractivity contribution in [3.63, 3.8) is 0 Å². The maximum Gasteiger partial charge on any atom is 0.127 e. The van der Waals surface area contributed by atoms with Crippen molar-refractivity contribution in [3.05, 3.63) is 54.1 Å². The molecule has 0 saturated heterocycles. The Morgan fingerprint density at radius 3 is 2.50 bits per heavy atom. The molecule has 18 heavy (non-hydrogen) atoms. The van der Waals surface area contributed by atoms with E-state index in [2.05, 4.69) is 0 Å². The van der Waals surface area contributed by atoms with Crippen LogP contribution >= 0.6 is 0 Å². The van der Waals surface area contributed by atoms with Gasteiger partial charge < -0.3 is 15.6 Å². The first kappa shape index (κ1) is 12.6. The number of ether oxygens (including phenoxy) is 1. The first-order chi connectivity index (χ1) is 8.76. The average Bonchev–Trinajstić information content (AvgIpc) is 2.46. The molecule has 0 bridgehead atoms. The molecule has 2 aromatic rings. The van der Waals surface area contributed by atoms with Gasteiger partial charge in [0.05, 0.1) is 13.2 Å². The van der Waals surface area contributed by atoms with Gasteiger partial charge in [0.15, 0.2) is 0 Å². The van der Waals surface area contributed by atoms with Crippen LogP contribution in [-0.2, 0) is 0 Å². The first-order valence-corrected chi connectivity index (χ1v) is 5.87.